The Balaban J connectivity index is 1.68. The number of hydrogen-bond acceptors (Lipinski definition) is 5. The van der Waals surface area contributed by atoms with Crippen molar-refractivity contribution in [3.63, 3.8) is 0 Å². The molecule has 0 saturated heterocycles. The fraction of sp³-hybridized carbons (Fsp3) is 0.909. The zero-order valence-electron chi connectivity index (χ0n) is 10.6. The van der Waals surface area contributed by atoms with Crippen molar-refractivity contribution in [2.45, 2.75) is 38.8 Å². The molecule has 1 atom stereocenters. The predicted octanol–water partition coefficient (Wildman–Crippen LogP) is 0.770. The lowest BCUT2D eigenvalue weighted by atomic mass is 10.3. The summed E-state index contributed by atoms with van der Waals surface area (Å²) < 4.78 is 7.43. The van der Waals surface area contributed by atoms with Crippen LogP contribution in [0.3, 0.4) is 0 Å². The molecule has 1 aromatic heterocycles. The molecule has 1 saturated carbocycles. The third-order valence-electron chi connectivity index (χ3n) is 3.09. The lowest BCUT2D eigenvalue weighted by Crippen LogP contribution is -2.19. The summed E-state index contributed by atoms with van der Waals surface area (Å²) in [7, 11) is 1.91. The summed E-state index contributed by atoms with van der Waals surface area (Å²) in [6.07, 6.45) is 3.65. The number of ether oxygens (including phenoxy) is 1. The van der Waals surface area contributed by atoms with Crippen LogP contribution in [0.5, 0.6) is 0 Å². The Morgan fingerprint density at radius 2 is 2.35 bits per heavy atom. The predicted molar refractivity (Wildman–Crippen MR) is 63.5 cm³/mol. The maximum Gasteiger partial charge on any atom is 0.167 e. The molecule has 6 heteroatoms. The average Bonchev–Trinajstić information content (AvgIpc) is 3.05. The maximum absolute atomic E-state index is 5.58. The Kier molecular flexibility index (Phi) is 4.44. The largest absolute Gasteiger partial charge is 0.381 e. The summed E-state index contributed by atoms with van der Waals surface area (Å²) >= 11 is 0. The van der Waals surface area contributed by atoms with Gasteiger partial charge in [-0.25, -0.2) is 4.68 Å². The minimum Gasteiger partial charge on any atom is -0.381 e. The zero-order valence-corrected chi connectivity index (χ0v) is 10.6. The van der Waals surface area contributed by atoms with Crippen molar-refractivity contribution in [1.82, 2.24) is 25.5 Å². The van der Waals surface area contributed by atoms with E-state index in [9.17, 15) is 0 Å². The molecule has 6 nitrogen and oxygen atoms in total. The van der Waals surface area contributed by atoms with Crippen LogP contribution in [0.4, 0.5) is 0 Å². The number of aromatic nitrogens is 4. The SMILES string of the molecule is CNC(C)c1nnnn1CCCOCC1CC1. The number of tetrazole rings is 1. The second-order valence-corrected chi connectivity index (χ2v) is 4.64. The normalized spacial score (nSPS) is 17.3. The van der Waals surface area contributed by atoms with Crippen LogP contribution >= 0.6 is 0 Å². The van der Waals surface area contributed by atoms with Gasteiger partial charge in [0.15, 0.2) is 5.82 Å². The Bertz CT molecular complexity index is 336. The lowest BCUT2D eigenvalue weighted by molar-refractivity contribution is 0.118. The van der Waals surface area contributed by atoms with E-state index >= 15 is 0 Å². The lowest BCUT2D eigenvalue weighted by Gasteiger charge is -2.10. The van der Waals surface area contributed by atoms with Gasteiger partial charge in [-0.15, -0.1) is 5.10 Å². The fourth-order valence-electron chi connectivity index (χ4n) is 1.66. The van der Waals surface area contributed by atoms with E-state index in [1.165, 1.54) is 12.8 Å². The molecule has 17 heavy (non-hydrogen) atoms. The molecule has 0 radical (unpaired) electrons. The number of nitrogens with one attached hydrogen (secondary N) is 1. The van der Waals surface area contributed by atoms with Crippen molar-refractivity contribution in [2.24, 2.45) is 5.92 Å². The molecule has 1 N–H and O–H groups in total. The molecular weight excluding hydrogens is 218 g/mol. The molecule has 2 rings (SSSR count). The van der Waals surface area contributed by atoms with Crippen molar-refractivity contribution in [3.05, 3.63) is 5.82 Å². The van der Waals surface area contributed by atoms with Crippen LogP contribution in [-0.2, 0) is 11.3 Å². The highest BCUT2D eigenvalue weighted by molar-refractivity contribution is 4.88. The summed E-state index contributed by atoms with van der Waals surface area (Å²) in [4.78, 5) is 0. The Hall–Kier alpha value is -1.01. The van der Waals surface area contributed by atoms with Gasteiger partial charge in [-0.2, -0.15) is 0 Å². The van der Waals surface area contributed by atoms with Crippen LogP contribution in [0.2, 0.25) is 0 Å². The standard InChI is InChI=1S/C11H21N5O/c1-9(12-2)11-13-14-15-16(11)6-3-7-17-8-10-4-5-10/h9-10,12H,3-8H2,1-2H3. The maximum atomic E-state index is 5.58. The van der Waals surface area contributed by atoms with Gasteiger partial charge in [-0.3, -0.25) is 0 Å². The second-order valence-electron chi connectivity index (χ2n) is 4.64. The number of rotatable bonds is 8. The summed E-state index contributed by atoms with van der Waals surface area (Å²) in [6, 6.07) is 0.178. The molecule has 1 aromatic rings. The van der Waals surface area contributed by atoms with E-state index < -0.39 is 0 Å². The molecule has 1 fully saturated rings. The van der Waals surface area contributed by atoms with Crippen molar-refractivity contribution in [1.29, 1.82) is 0 Å². The van der Waals surface area contributed by atoms with Crippen LogP contribution < -0.4 is 5.32 Å². The van der Waals surface area contributed by atoms with Crippen molar-refractivity contribution < 1.29 is 4.74 Å². The number of nitrogens with zero attached hydrogens (tertiary/aromatic N) is 4. The summed E-state index contributed by atoms with van der Waals surface area (Å²) in [5, 5.41) is 14.9. The third kappa shape index (κ3) is 3.74. The third-order valence-corrected chi connectivity index (χ3v) is 3.09. The van der Waals surface area contributed by atoms with Gasteiger partial charge in [-0.1, -0.05) is 0 Å². The van der Waals surface area contributed by atoms with Gasteiger partial charge in [-0.05, 0) is 49.6 Å². The minimum absolute atomic E-state index is 0.178. The van der Waals surface area contributed by atoms with Crippen molar-refractivity contribution in [2.75, 3.05) is 20.3 Å². The van der Waals surface area contributed by atoms with E-state index in [1.807, 2.05) is 18.7 Å². The molecule has 0 spiro atoms. The topological polar surface area (TPSA) is 64.9 Å². The van der Waals surface area contributed by atoms with Crippen molar-refractivity contribution >= 4 is 0 Å². The first kappa shape index (κ1) is 12.4. The molecule has 1 unspecified atom stereocenters. The van der Waals surface area contributed by atoms with Gasteiger partial charge in [0.1, 0.15) is 0 Å². The van der Waals surface area contributed by atoms with Crippen LogP contribution in [0.25, 0.3) is 0 Å². The summed E-state index contributed by atoms with van der Waals surface area (Å²) in [5.74, 6) is 1.72. The highest BCUT2D eigenvalue weighted by Gasteiger charge is 2.20. The molecule has 1 aliphatic carbocycles. The van der Waals surface area contributed by atoms with E-state index in [2.05, 4.69) is 20.8 Å². The molecule has 0 aliphatic heterocycles. The molecule has 0 amide bonds. The van der Waals surface area contributed by atoms with Gasteiger partial charge in [0.25, 0.3) is 0 Å². The highest BCUT2D eigenvalue weighted by Crippen LogP contribution is 2.28. The first-order valence-electron chi connectivity index (χ1n) is 6.32. The quantitative estimate of drug-likeness (QED) is 0.679. The smallest absolute Gasteiger partial charge is 0.167 e. The first-order chi connectivity index (χ1) is 8.31. The summed E-state index contributed by atoms with van der Waals surface area (Å²) in [6.45, 7) is 4.59. The Morgan fingerprint density at radius 3 is 3.06 bits per heavy atom. The van der Waals surface area contributed by atoms with E-state index in [0.29, 0.717) is 0 Å². The Labute approximate surface area is 102 Å². The molecule has 0 aromatic carbocycles. The van der Waals surface area contributed by atoms with E-state index in [-0.39, 0.29) is 6.04 Å². The first-order valence-corrected chi connectivity index (χ1v) is 6.32. The number of aryl methyl sites for hydroxylation is 1. The van der Waals surface area contributed by atoms with E-state index in [0.717, 1.165) is 37.9 Å². The van der Waals surface area contributed by atoms with Gasteiger partial charge in [0, 0.05) is 19.8 Å². The second kappa shape index (κ2) is 6.07. The molecule has 96 valence electrons. The molecular formula is C11H21N5O. The highest BCUT2D eigenvalue weighted by atomic mass is 16.5. The van der Waals surface area contributed by atoms with E-state index in [1.54, 1.807) is 0 Å². The van der Waals surface area contributed by atoms with Crippen LogP contribution in [0, 0.1) is 5.92 Å². The fourth-order valence-corrected chi connectivity index (χ4v) is 1.66. The molecule has 1 aliphatic rings. The van der Waals surface area contributed by atoms with Crippen LogP contribution in [0.15, 0.2) is 0 Å². The van der Waals surface area contributed by atoms with Gasteiger partial charge in [0.05, 0.1) is 6.04 Å². The van der Waals surface area contributed by atoms with Crippen LogP contribution in [0.1, 0.15) is 38.1 Å². The zero-order chi connectivity index (χ0) is 12.1. The van der Waals surface area contributed by atoms with Crippen LogP contribution in [-0.4, -0.2) is 40.5 Å². The van der Waals surface area contributed by atoms with E-state index in [4.69, 9.17) is 4.74 Å². The molecule has 0 bridgehead atoms. The average molecular weight is 239 g/mol. The minimum atomic E-state index is 0.178. The van der Waals surface area contributed by atoms with Gasteiger partial charge < -0.3 is 10.1 Å². The van der Waals surface area contributed by atoms with Gasteiger partial charge >= 0.3 is 0 Å². The van der Waals surface area contributed by atoms with Crippen molar-refractivity contribution in [3.8, 4) is 0 Å². The summed E-state index contributed by atoms with van der Waals surface area (Å²) in [5.41, 5.74) is 0. The monoisotopic (exact) mass is 239 g/mol. The molecule has 1 heterocycles. The number of hydrogen-bond donors (Lipinski definition) is 1. The van der Waals surface area contributed by atoms with Gasteiger partial charge in [0.2, 0.25) is 0 Å². The Morgan fingerprint density at radius 1 is 1.53 bits per heavy atom.